The second-order valence-corrected chi connectivity index (χ2v) is 8.83. The SMILES string of the molecule is C=Cc1[nH]c(=O)c(-c2cc3cc(CN4CCC(CC(=O)O)CC4)ccc3[nH]2)cc1CCC. The van der Waals surface area contributed by atoms with Crippen LogP contribution in [0.5, 0.6) is 0 Å². The van der Waals surface area contributed by atoms with Gasteiger partial charge >= 0.3 is 5.97 Å². The zero-order valence-electron chi connectivity index (χ0n) is 18.6. The minimum absolute atomic E-state index is 0.115. The van der Waals surface area contributed by atoms with Crippen molar-refractivity contribution in [2.24, 2.45) is 5.92 Å². The third-order valence-corrected chi connectivity index (χ3v) is 6.43. The van der Waals surface area contributed by atoms with Gasteiger partial charge in [0.25, 0.3) is 5.56 Å². The average Bonchev–Trinajstić information content (AvgIpc) is 3.19. The van der Waals surface area contributed by atoms with Crippen LogP contribution < -0.4 is 5.56 Å². The summed E-state index contributed by atoms with van der Waals surface area (Å²) in [6.45, 7) is 8.65. The Morgan fingerprint density at radius 2 is 2.00 bits per heavy atom. The fourth-order valence-electron chi connectivity index (χ4n) is 4.73. The summed E-state index contributed by atoms with van der Waals surface area (Å²) in [5.41, 5.74) is 5.48. The molecule has 3 aromatic rings. The topological polar surface area (TPSA) is 89.2 Å². The molecule has 6 nitrogen and oxygen atoms in total. The van der Waals surface area contributed by atoms with Gasteiger partial charge < -0.3 is 15.1 Å². The molecule has 0 spiro atoms. The van der Waals surface area contributed by atoms with Crippen LogP contribution in [0.3, 0.4) is 0 Å². The second-order valence-electron chi connectivity index (χ2n) is 8.83. The number of likely N-dealkylation sites (tertiary alicyclic amines) is 1. The lowest BCUT2D eigenvalue weighted by Gasteiger charge is -2.31. The van der Waals surface area contributed by atoms with Crippen LogP contribution in [-0.2, 0) is 17.8 Å². The number of carboxylic acid groups (broad SMARTS) is 1. The van der Waals surface area contributed by atoms with E-state index in [-0.39, 0.29) is 12.0 Å². The van der Waals surface area contributed by atoms with Crippen LogP contribution in [0.25, 0.3) is 28.2 Å². The van der Waals surface area contributed by atoms with E-state index in [2.05, 4.69) is 46.6 Å². The molecule has 0 bridgehead atoms. The molecule has 168 valence electrons. The molecule has 0 aliphatic carbocycles. The smallest absolute Gasteiger partial charge is 0.303 e. The second kappa shape index (κ2) is 9.57. The number of benzene rings is 1. The molecule has 0 atom stereocenters. The summed E-state index contributed by atoms with van der Waals surface area (Å²) in [6.07, 6.45) is 5.74. The highest BCUT2D eigenvalue weighted by Crippen LogP contribution is 2.26. The number of piperidine rings is 1. The van der Waals surface area contributed by atoms with Crippen LogP contribution in [0, 0.1) is 5.92 Å². The molecule has 6 heteroatoms. The maximum absolute atomic E-state index is 12.7. The lowest BCUT2D eigenvalue weighted by molar-refractivity contribution is -0.138. The van der Waals surface area contributed by atoms with Crippen LogP contribution >= 0.6 is 0 Å². The van der Waals surface area contributed by atoms with Crippen molar-refractivity contribution in [3.8, 4) is 11.3 Å². The maximum Gasteiger partial charge on any atom is 0.303 e. The van der Waals surface area contributed by atoms with Gasteiger partial charge in [-0.2, -0.15) is 0 Å². The Morgan fingerprint density at radius 3 is 2.69 bits per heavy atom. The van der Waals surface area contributed by atoms with Gasteiger partial charge in [0.15, 0.2) is 0 Å². The minimum atomic E-state index is -0.697. The Hall–Kier alpha value is -3.12. The third kappa shape index (κ3) is 4.86. The number of aliphatic carboxylic acids is 1. The fraction of sp³-hybridized carbons (Fsp3) is 0.385. The number of hydrogen-bond acceptors (Lipinski definition) is 3. The van der Waals surface area contributed by atoms with Crippen molar-refractivity contribution in [2.45, 2.75) is 45.6 Å². The Balaban J connectivity index is 1.53. The summed E-state index contributed by atoms with van der Waals surface area (Å²) in [7, 11) is 0. The van der Waals surface area contributed by atoms with Gasteiger partial charge in [0.05, 0.1) is 11.3 Å². The lowest BCUT2D eigenvalue weighted by Crippen LogP contribution is -2.33. The Morgan fingerprint density at radius 1 is 1.22 bits per heavy atom. The zero-order chi connectivity index (χ0) is 22.7. The summed E-state index contributed by atoms with van der Waals surface area (Å²) < 4.78 is 0. The van der Waals surface area contributed by atoms with Crippen molar-refractivity contribution in [3.63, 3.8) is 0 Å². The molecular formula is C26H31N3O3. The minimum Gasteiger partial charge on any atom is -0.481 e. The largest absolute Gasteiger partial charge is 0.481 e. The average molecular weight is 434 g/mol. The molecule has 1 aliphatic heterocycles. The number of carbonyl (C=O) groups is 1. The molecule has 1 fully saturated rings. The highest BCUT2D eigenvalue weighted by atomic mass is 16.4. The molecule has 0 unspecified atom stereocenters. The van der Waals surface area contributed by atoms with Crippen molar-refractivity contribution in [1.29, 1.82) is 0 Å². The van der Waals surface area contributed by atoms with Crippen LogP contribution in [0.15, 0.2) is 41.7 Å². The maximum atomic E-state index is 12.7. The zero-order valence-corrected chi connectivity index (χ0v) is 18.6. The summed E-state index contributed by atoms with van der Waals surface area (Å²) in [6, 6.07) is 10.4. The van der Waals surface area contributed by atoms with Gasteiger partial charge in [0.2, 0.25) is 0 Å². The first-order valence-electron chi connectivity index (χ1n) is 11.4. The van der Waals surface area contributed by atoms with E-state index in [1.54, 1.807) is 6.08 Å². The number of pyridine rings is 1. The van der Waals surface area contributed by atoms with Gasteiger partial charge in [-0.3, -0.25) is 14.5 Å². The van der Waals surface area contributed by atoms with E-state index < -0.39 is 5.97 Å². The van der Waals surface area contributed by atoms with Gasteiger partial charge in [-0.25, -0.2) is 0 Å². The number of aromatic amines is 2. The molecule has 1 aromatic carbocycles. The molecular weight excluding hydrogens is 402 g/mol. The number of nitrogens with one attached hydrogen (secondary N) is 2. The monoisotopic (exact) mass is 433 g/mol. The molecule has 2 aromatic heterocycles. The predicted molar refractivity (Wildman–Crippen MR) is 129 cm³/mol. The van der Waals surface area contributed by atoms with Crippen LogP contribution in [0.4, 0.5) is 0 Å². The van der Waals surface area contributed by atoms with E-state index in [1.165, 1.54) is 5.56 Å². The van der Waals surface area contributed by atoms with Crippen molar-refractivity contribution in [1.82, 2.24) is 14.9 Å². The van der Waals surface area contributed by atoms with E-state index in [1.807, 2.05) is 12.1 Å². The van der Waals surface area contributed by atoms with Gasteiger partial charge in [0, 0.05) is 29.6 Å². The van der Waals surface area contributed by atoms with Crippen LogP contribution in [0.2, 0.25) is 0 Å². The molecule has 3 N–H and O–H groups in total. The number of fused-ring (bicyclic) bond motifs is 1. The van der Waals surface area contributed by atoms with Crippen molar-refractivity contribution < 1.29 is 9.90 Å². The van der Waals surface area contributed by atoms with Gasteiger partial charge in [0.1, 0.15) is 0 Å². The number of aromatic nitrogens is 2. The fourth-order valence-corrected chi connectivity index (χ4v) is 4.73. The number of nitrogens with zero attached hydrogens (tertiary/aromatic N) is 1. The highest BCUT2D eigenvalue weighted by Gasteiger charge is 2.21. The van der Waals surface area contributed by atoms with Gasteiger partial charge in [-0.05, 0) is 79.7 Å². The summed E-state index contributed by atoms with van der Waals surface area (Å²) >= 11 is 0. The molecule has 4 rings (SSSR count). The van der Waals surface area contributed by atoms with Gasteiger partial charge in [-0.15, -0.1) is 0 Å². The number of hydrogen-bond donors (Lipinski definition) is 3. The Kier molecular flexibility index (Phi) is 6.61. The van der Waals surface area contributed by atoms with Crippen LogP contribution in [-0.4, -0.2) is 39.0 Å². The van der Waals surface area contributed by atoms with E-state index in [0.717, 1.165) is 73.2 Å². The van der Waals surface area contributed by atoms with Crippen molar-refractivity contribution in [2.75, 3.05) is 13.1 Å². The Labute approximate surface area is 188 Å². The summed E-state index contributed by atoms with van der Waals surface area (Å²) in [4.78, 5) is 32.4. The first-order chi connectivity index (χ1) is 15.5. The number of carboxylic acids is 1. The number of H-pyrrole nitrogens is 2. The number of aryl methyl sites for hydroxylation is 1. The summed E-state index contributed by atoms with van der Waals surface area (Å²) in [5, 5.41) is 10.1. The molecule has 0 radical (unpaired) electrons. The molecule has 0 saturated carbocycles. The van der Waals surface area contributed by atoms with Crippen molar-refractivity contribution >= 4 is 22.9 Å². The highest BCUT2D eigenvalue weighted by molar-refractivity contribution is 5.86. The standard InChI is InChI=1S/C26H31N3O3/c1-3-5-19-14-21(26(32)28-22(19)4-2)24-15-20-12-18(6-7-23(20)27-24)16-29-10-8-17(9-11-29)13-25(30)31/h4,6-7,12,14-15,17,27H,2-3,5,8-11,13,16H2,1H3,(H,28,32)(H,30,31). The molecule has 1 saturated heterocycles. The summed E-state index contributed by atoms with van der Waals surface area (Å²) in [5.74, 6) is -0.404. The van der Waals surface area contributed by atoms with E-state index in [4.69, 9.17) is 5.11 Å². The molecule has 3 heterocycles. The molecule has 0 amide bonds. The first-order valence-corrected chi connectivity index (χ1v) is 11.4. The molecule has 32 heavy (non-hydrogen) atoms. The third-order valence-electron chi connectivity index (χ3n) is 6.43. The lowest BCUT2D eigenvalue weighted by atomic mass is 9.93. The van der Waals surface area contributed by atoms with E-state index in [0.29, 0.717) is 11.5 Å². The van der Waals surface area contributed by atoms with Gasteiger partial charge in [-0.1, -0.05) is 26.0 Å². The number of rotatable bonds is 8. The van der Waals surface area contributed by atoms with Crippen LogP contribution in [0.1, 0.15) is 49.4 Å². The van der Waals surface area contributed by atoms with Crippen molar-refractivity contribution in [3.05, 3.63) is 64.1 Å². The quantitative estimate of drug-likeness (QED) is 0.476. The first kappa shape index (κ1) is 22.1. The normalized spacial score (nSPS) is 15.3. The molecule has 1 aliphatic rings. The predicted octanol–water partition coefficient (Wildman–Crippen LogP) is 4.81. The Bertz CT molecular complexity index is 1180. The van der Waals surface area contributed by atoms with E-state index in [9.17, 15) is 9.59 Å². The van der Waals surface area contributed by atoms with E-state index >= 15 is 0 Å².